The van der Waals surface area contributed by atoms with Gasteiger partial charge < -0.3 is 10.7 Å². The third kappa shape index (κ3) is 3.20. The number of thioether (sulfide) groups is 1. The summed E-state index contributed by atoms with van der Waals surface area (Å²) in [6.45, 7) is 0. The van der Waals surface area contributed by atoms with E-state index in [-0.39, 0.29) is 17.7 Å². The zero-order valence-corrected chi connectivity index (χ0v) is 10.2. The van der Waals surface area contributed by atoms with Gasteiger partial charge in [-0.1, -0.05) is 0 Å². The van der Waals surface area contributed by atoms with Gasteiger partial charge in [-0.3, -0.25) is 0 Å². The lowest BCUT2D eigenvalue weighted by atomic mass is 10.2. The fourth-order valence-electron chi connectivity index (χ4n) is 1.70. The molecule has 0 amide bonds. The molecule has 1 aliphatic heterocycles. The van der Waals surface area contributed by atoms with Crippen molar-refractivity contribution in [3.63, 3.8) is 0 Å². The van der Waals surface area contributed by atoms with Crippen molar-refractivity contribution in [2.24, 2.45) is 5.84 Å². The fraction of sp³-hybridized carbons (Fsp3) is 0.500. The number of alkyl halides is 3. The third-order valence-corrected chi connectivity index (χ3v) is 3.74. The minimum absolute atomic E-state index is 0.00187. The summed E-state index contributed by atoms with van der Waals surface area (Å²) in [6, 6.07) is 2.05. The molecule has 0 bridgehead atoms. The highest BCUT2D eigenvalue weighted by molar-refractivity contribution is 7.99. The number of nitrogens with two attached hydrogens (primary N) is 1. The molecule has 2 rings (SSSR count). The molecule has 8 heteroatoms. The Bertz CT molecular complexity index is 418. The van der Waals surface area contributed by atoms with Crippen LogP contribution in [-0.2, 0) is 6.18 Å². The monoisotopic (exact) mass is 278 g/mol. The van der Waals surface area contributed by atoms with E-state index in [9.17, 15) is 13.2 Å². The van der Waals surface area contributed by atoms with Gasteiger partial charge in [-0.15, -0.1) is 0 Å². The highest BCUT2D eigenvalue weighted by Gasteiger charge is 2.32. The number of hydrazine groups is 1. The lowest BCUT2D eigenvalue weighted by Gasteiger charge is -2.15. The maximum absolute atomic E-state index is 12.7. The molecule has 1 aromatic rings. The molecule has 0 aliphatic carbocycles. The molecule has 1 saturated heterocycles. The predicted molar refractivity (Wildman–Crippen MR) is 66.4 cm³/mol. The Morgan fingerprint density at radius 3 is 2.61 bits per heavy atom. The van der Waals surface area contributed by atoms with E-state index in [1.165, 1.54) is 0 Å². The standard InChI is InChI=1S/C10H13F3N4S/c11-10(12,13)6-3-8(16-9(4-6)17-14)15-7-1-2-18-5-7/h3-4,7H,1-2,5,14H2,(H2,15,16,17). The number of aromatic nitrogens is 1. The van der Waals surface area contributed by atoms with E-state index in [0.717, 1.165) is 30.1 Å². The lowest BCUT2D eigenvalue weighted by Crippen LogP contribution is -2.20. The third-order valence-electron chi connectivity index (χ3n) is 2.58. The highest BCUT2D eigenvalue weighted by Crippen LogP contribution is 2.32. The second-order valence-corrected chi connectivity index (χ2v) is 5.12. The maximum Gasteiger partial charge on any atom is 0.416 e. The number of anilines is 2. The van der Waals surface area contributed by atoms with Crippen molar-refractivity contribution in [1.82, 2.24) is 4.98 Å². The fourth-order valence-corrected chi connectivity index (χ4v) is 2.85. The van der Waals surface area contributed by atoms with Crippen LogP contribution in [0.15, 0.2) is 12.1 Å². The van der Waals surface area contributed by atoms with Gasteiger partial charge in [0.2, 0.25) is 0 Å². The first-order chi connectivity index (χ1) is 8.49. The number of nitrogens with one attached hydrogen (secondary N) is 2. The average molecular weight is 278 g/mol. The number of nitrogens with zero attached hydrogens (tertiary/aromatic N) is 1. The van der Waals surface area contributed by atoms with Crippen LogP contribution in [0.25, 0.3) is 0 Å². The van der Waals surface area contributed by atoms with Crippen LogP contribution in [0.4, 0.5) is 24.8 Å². The molecule has 1 atom stereocenters. The zero-order chi connectivity index (χ0) is 13.2. The quantitative estimate of drug-likeness (QED) is 0.585. The number of hydrogen-bond donors (Lipinski definition) is 3. The van der Waals surface area contributed by atoms with Crippen molar-refractivity contribution >= 4 is 23.4 Å². The number of pyridine rings is 1. The normalized spacial score (nSPS) is 19.9. The molecule has 0 spiro atoms. The summed E-state index contributed by atoms with van der Waals surface area (Å²) in [6.07, 6.45) is -3.48. The van der Waals surface area contributed by atoms with Gasteiger partial charge in [-0.25, -0.2) is 10.8 Å². The van der Waals surface area contributed by atoms with Crippen LogP contribution in [0.1, 0.15) is 12.0 Å². The molecule has 18 heavy (non-hydrogen) atoms. The first kappa shape index (κ1) is 13.3. The van der Waals surface area contributed by atoms with E-state index in [4.69, 9.17) is 5.84 Å². The van der Waals surface area contributed by atoms with Gasteiger partial charge >= 0.3 is 6.18 Å². The highest BCUT2D eigenvalue weighted by atomic mass is 32.2. The Hall–Kier alpha value is -1.15. The Morgan fingerprint density at radius 1 is 1.33 bits per heavy atom. The van der Waals surface area contributed by atoms with Gasteiger partial charge in [0, 0.05) is 11.8 Å². The summed E-state index contributed by atoms with van der Waals surface area (Å²) >= 11 is 1.77. The zero-order valence-electron chi connectivity index (χ0n) is 9.42. The van der Waals surface area contributed by atoms with Gasteiger partial charge in [-0.2, -0.15) is 24.9 Å². The van der Waals surface area contributed by atoms with Crippen LogP contribution in [0.3, 0.4) is 0 Å². The summed E-state index contributed by atoms with van der Waals surface area (Å²) in [5.74, 6) is 7.22. The summed E-state index contributed by atoms with van der Waals surface area (Å²) < 4.78 is 38.0. The first-order valence-electron chi connectivity index (χ1n) is 5.39. The van der Waals surface area contributed by atoms with E-state index in [0.29, 0.717) is 0 Å². The summed E-state index contributed by atoms with van der Waals surface area (Å²) in [5, 5.41) is 3.00. The Kier molecular flexibility index (Phi) is 3.86. The number of rotatable bonds is 3. The van der Waals surface area contributed by atoms with Crippen molar-refractivity contribution in [3.8, 4) is 0 Å². The van der Waals surface area contributed by atoms with Crippen molar-refractivity contribution in [1.29, 1.82) is 0 Å². The molecule has 4 N–H and O–H groups in total. The average Bonchev–Trinajstić information content (AvgIpc) is 2.80. The molecule has 1 aliphatic rings. The molecule has 1 unspecified atom stereocenters. The van der Waals surface area contributed by atoms with Crippen LogP contribution < -0.4 is 16.6 Å². The molecule has 4 nitrogen and oxygen atoms in total. The molecule has 1 aromatic heterocycles. The van der Waals surface area contributed by atoms with Crippen LogP contribution in [-0.4, -0.2) is 22.5 Å². The second-order valence-electron chi connectivity index (χ2n) is 3.97. The van der Waals surface area contributed by atoms with Gasteiger partial charge in [0.05, 0.1) is 5.56 Å². The maximum atomic E-state index is 12.7. The van der Waals surface area contributed by atoms with E-state index in [2.05, 4.69) is 15.7 Å². The minimum Gasteiger partial charge on any atom is -0.366 e. The largest absolute Gasteiger partial charge is 0.416 e. The molecule has 0 saturated carbocycles. The van der Waals surface area contributed by atoms with Gasteiger partial charge in [-0.05, 0) is 24.3 Å². The van der Waals surface area contributed by atoms with Gasteiger partial charge in [0.15, 0.2) is 0 Å². The topological polar surface area (TPSA) is 63.0 Å². The van der Waals surface area contributed by atoms with E-state index < -0.39 is 11.7 Å². The molecule has 1 fully saturated rings. The van der Waals surface area contributed by atoms with Gasteiger partial charge in [0.1, 0.15) is 11.6 Å². The summed E-state index contributed by atoms with van der Waals surface area (Å²) in [5.41, 5.74) is 1.38. The second kappa shape index (κ2) is 5.23. The lowest BCUT2D eigenvalue weighted by molar-refractivity contribution is -0.137. The molecule has 2 heterocycles. The van der Waals surface area contributed by atoms with Crippen molar-refractivity contribution in [3.05, 3.63) is 17.7 Å². The Morgan fingerprint density at radius 2 is 2.06 bits per heavy atom. The van der Waals surface area contributed by atoms with Crippen LogP contribution in [0.2, 0.25) is 0 Å². The molecule has 100 valence electrons. The first-order valence-corrected chi connectivity index (χ1v) is 6.54. The van der Waals surface area contributed by atoms with Crippen molar-refractivity contribution in [2.75, 3.05) is 22.2 Å². The van der Waals surface area contributed by atoms with E-state index >= 15 is 0 Å². The Balaban J connectivity index is 2.23. The summed E-state index contributed by atoms with van der Waals surface area (Å²) in [4.78, 5) is 3.97. The van der Waals surface area contributed by atoms with Gasteiger partial charge in [0.25, 0.3) is 0 Å². The van der Waals surface area contributed by atoms with E-state index in [1.807, 2.05) is 0 Å². The Labute approximate surface area is 106 Å². The van der Waals surface area contributed by atoms with Crippen LogP contribution in [0.5, 0.6) is 0 Å². The number of nitrogen functional groups attached to an aromatic ring is 1. The number of hydrogen-bond acceptors (Lipinski definition) is 5. The molecular weight excluding hydrogens is 265 g/mol. The predicted octanol–water partition coefficient (Wildman–Crippen LogP) is 2.30. The smallest absolute Gasteiger partial charge is 0.366 e. The molecule has 0 aromatic carbocycles. The van der Waals surface area contributed by atoms with Crippen molar-refractivity contribution in [2.45, 2.75) is 18.6 Å². The SMILES string of the molecule is NNc1cc(C(F)(F)F)cc(NC2CCSC2)n1. The van der Waals surface area contributed by atoms with Crippen LogP contribution >= 0.6 is 11.8 Å². The minimum atomic E-state index is -4.41. The summed E-state index contributed by atoms with van der Waals surface area (Å²) in [7, 11) is 0. The molecule has 0 radical (unpaired) electrons. The number of halogens is 3. The van der Waals surface area contributed by atoms with E-state index in [1.54, 1.807) is 11.8 Å². The molecular formula is C10H13F3N4S. The van der Waals surface area contributed by atoms with Crippen LogP contribution in [0, 0.1) is 0 Å². The van der Waals surface area contributed by atoms with Crippen molar-refractivity contribution < 1.29 is 13.2 Å².